The fraction of sp³-hybridized carbons (Fsp3) is 0.429. The summed E-state index contributed by atoms with van der Waals surface area (Å²) in [4.78, 5) is 8.01. The van der Waals surface area contributed by atoms with E-state index >= 15 is 0 Å². The summed E-state index contributed by atoms with van der Waals surface area (Å²) in [5, 5.41) is 1.39. The van der Waals surface area contributed by atoms with Gasteiger partial charge in [-0.25, -0.2) is 0 Å². The summed E-state index contributed by atoms with van der Waals surface area (Å²) < 4.78 is 2.85. The van der Waals surface area contributed by atoms with Crippen molar-refractivity contribution < 1.29 is 0 Å². The van der Waals surface area contributed by atoms with Gasteiger partial charge in [-0.2, -0.15) is 0 Å². The van der Waals surface area contributed by atoms with E-state index < -0.39 is 0 Å². The molecule has 0 bridgehead atoms. The maximum absolute atomic E-state index is 2.76. The minimum Gasteiger partial charge on any atom is -0.311 e. The Balaban J connectivity index is 1.07. The van der Waals surface area contributed by atoms with Crippen LogP contribution in [0.15, 0.2) is 127 Å². The Labute approximate surface area is 496 Å². The zero-order valence-electron chi connectivity index (χ0n) is 52.6. The fourth-order valence-corrected chi connectivity index (χ4v) is 17.9. The average Bonchev–Trinajstić information content (AvgIpc) is 1.68. The first-order valence-electron chi connectivity index (χ1n) is 31.3. The van der Waals surface area contributed by atoms with E-state index in [1.165, 1.54) is 172 Å². The molecule has 14 rings (SSSR count). The minimum atomic E-state index is 0.00514. The standard InChI is InChI=1S/C77H88BN3S/c1-47-39-64-67-65(40-47)81(51-25-29-56-59(43-51)75(12,13)36-33-72(56,6)7)68-53-45-60-61(77(16,17)38-37-76(60,14)15)46-66(53)82-69(68)78(67)62-30-26-52(44-63(62)80(64)50-24-28-55-58(42-50)74(10,11)35-32-71(55,4)5)79(48-21-19-18-20-22-48)49-23-27-54-57(41-49)73(8,9)34-31-70(54,2)3/h18-30,39-46H,31-38H2,1-17H3. The number of para-hydroxylation sites is 1. The molecule has 0 unspecified atom stereocenters. The molecule has 0 atom stereocenters. The molecule has 3 heterocycles. The Kier molecular flexibility index (Phi) is 11.5. The van der Waals surface area contributed by atoms with Crippen molar-refractivity contribution in [1.82, 2.24) is 0 Å². The summed E-state index contributed by atoms with van der Waals surface area (Å²) in [7, 11) is 0. The van der Waals surface area contributed by atoms with Crippen LogP contribution >= 0.6 is 11.3 Å². The number of benzene rings is 7. The fourth-order valence-electron chi connectivity index (χ4n) is 16.5. The zero-order chi connectivity index (χ0) is 57.8. The number of hydrogen-bond donors (Lipinski definition) is 0. The van der Waals surface area contributed by atoms with E-state index in [2.05, 4.69) is 271 Å². The first kappa shape index (κ1) is 53.9. The highest BCUT2D eigenvalue weighted by Gasteiger charge is 2.49. The van der Waals surface area contributed by atoms with Crippen LogP contribution in [0.3, 0.4) is 0 Å². The molecule has 4 aliphatic carbocycles. The third-order valence-electron chi connectivity index (χ3n) is 22.3. The van der Waals surface area contributed by atoms with Gasteiger partial charge < -0.3 is 14.7 Å². The highest BCUT2D eigenvalue weighted by atomic mass is 32.1. The van der Waals surface area contributed by atoms with Crippen molar-refractivity contribution in [1.29, 1.82) is 0 Å². The molecule has 1 aromatic heterocycles. The van der Waals surface area contributed by atoms with E-state index in [-0.39, 0.29) is 50.0 Å². The topological polar surface area (TPSA) is 9.72 Å². The number of fused-ring (bicyclic) bond motifs is 10. The van der Waals surface area contributed by atoms with Crippen LogP contribution in [0.1, 0.15) is 212 Å². The predicted molar refractivity (Wildman–Crippen MR) is 356 cm³/mol. The maximum Gasteiger partial charge on any atom is 0.264 e. The Hall–Kier alpha value is -6.04. The average molecular weight is 1100 g/mol. The quantitative estimate of drug-likeness (QED) is 0.159. The second-order valence-corrected chi connectivity index (χ2v) is 32.8. The van der Waals surface area contributed by atoms with Crippen molar-refractivity contribution >= 4 is 95.0 Å². The van der Waals surface area contributed by atoms with Crippen LogP contribution in [-0.4, -0.2) is 6.71 Å². The number of anilines is 9. The molecule has 0 saturated carbocycles. The van der Waals surface area contributed by atoms with Gasteiger partial charge in [-0.05, 0) is 248 Å². The monoisotopic (exact) mass is 1100 g/mol. The normalized spacial score (nSPS) is 21.1. The molecule has 0 radical (unpaired) electrons. The Bertz CT molecular complexity index is 3990. The van der Waals surface area contributed by atoms with Crippen LogP contribution in [0.2, 0.25) is 0 Å². The Morgan fingerprint density at radius 1 is 0.378 bits per heavy atom. The third-order valence-corrected chi connectivity index (χ3v) is 23.5. The third kappa shape index (κ3) is 7.99. The van der Waals surface area contributed by atoms with Gasteiger partial charge in [0.2, 0.25) is 0 Å². The van der Waals surface area contributed by atoms with Crippen molar-refractivity contribution in [2.24, 2.45) is 0 Å². The van der Waals surface area contributed by atoms with Crippen molar-refractivity contribution in [2.75, 3.05) is 14.7 Å². The Morgan fingerprint density at radius 3 is 1.32 bits per heavy atom. The van der Waals surface area contributed by atoms with E-state index in [9.17, 15) is 0 Å². The molecule has 8 aromatic rings. The maximum atomic E-state index is 2.76. The van der Waals surface area contributed by atoms with Crippen LogP contribution < -0.4 is 30.4 Å². The van der Waals surface area contributed by atoms with Crippen LogP contribution in [0.5, 0.6) is 0 Å². The largest absolute Gasteiger partial charge is 0.311 e. The van der Waals surface area contributed by atoms with Crippen molar-refractivity contribution in [2.45, 2.75) is 212 Å². The summed E-state index contributed by atoms with van der Waals surface area (Å²) >= 11 is 2.07. The molecular weight excluding hydrogens is 1010 g/mol. The highest BCUT2D eigenvalue weighted by molar-refractivity contribution is 7.33. The molecule has 82 heavy (non-hydrogen) atoms. The lowest BCUT2D eigenvalue weighted by molar-refractivity contribution is 0.332. The number of thiophene rings is 1. The van der Waals surface area contributed by atoms with Crippen LogP contribution in [0.4, 0.5) is 51.2 Å². The van der Waals surface area contributed by atoms with E-state index in [4.69, 9.17) is 0 Å². The second-order valence-electron chi connectivity index (χ2n) is 31.7. The predicted octanol–water partition coefficient (Wildman–Crippen LogP) is 20.2. The van der Waals surface area contributed by atoms with Crippen molar-refractivity contribution in [3.05, 3.63) is 177 Å². The van der Waals surface area contributed by atoms with Gasteiger partial charge in [0, 0.05) is 60.4 Å². The molecule has 0 amide bonds. The molecule has 0 N–H and O–H groups in total. The van der Waals surface area contributed by atoms with E-state index in [1.807, 2.05) is 0 Å². The van der Waals surface area contributed by atoms with Crippen LogP contribution in [0.25, 0.3) is 10.1 Å². The number of nitrogens with zero attached hydrogens (tertiary/aromatic N) is 3. The first-order valence-corrected chi connectivity index (χ1v) is 32.1. The second kappa shape index (κ2) is 17.5. The summed E-state index contributed by atoms with van der Waals surface area (Å²) in [6.07, 6.45) is 9.46. The zero-order valence-corrected chi connectivity index (χ0v) is 53.4. The van der Waals surface area contributed by atoms with E-state index in [1.54, 1.807) is 0 Å². The van der Waals surface area contributed by atoms with E-state index in [0.717, 1.165) is 6.42 Å². The summed E-state index contributed by atoms with van der Waals surface area (Å²) in [6.45, 7) is 41.9. The van der Waals surface area contributed by atoms with Gasteiger partial charge in [-0.15, -0.1) is 11.3 Å². The molecule has 3 nitrogen and oxygen atoms in total. The molecule has 2 aliphatic heterocycles. The number of hydrogen-bond acceptors (Lipinski definition) is 4. The molecule has 0 saturated heterocycles. The van der Waals surface area contributed by atoms with E-state index in [0.29, 0.717) is 0 Å². The first-order chi connectivity index (χ1) is 38.5. The van der Waals surface area contributed by atoms with Gasteiger partial charge in [0.25, 0.3) is 6.71 Å². The lowest BCUT2D eigenvalue weighted by Crippen LogP contribution is -2.60. The summed E-state index contributed by atoms with van der Waals surface area (Å²) in [5.74, 6) is 0. The summed E-state index contributed by atoms with van der Waals surface area (Å²) in [5.41, 5.74) is 28.0. The molecule has 420 valence electrons. The van der Waals surface area contributed by atoms with Crippen LogP contribution in [-0.2, 0) is 43.3 Å². The molecule has 6 aliphatic rings. The van der Waals surface area contributed by atoms with Gasteiger partial charge in [-0.1, -0.05) is 153 Å². The van der Waals surface area contributed by atoms with Crippen molar-refractivity contribution in [3.8, 4) is 0 Å². The van der Waals surface area contributed by atoms with Crippen molar-refractivity contribution in [3.63, 3.8) is 0 Å². The van der Waals surface area contributed by atoms with Gasteiger partial charge in [0.1, 0.15) is 0 Å². The molecule has 5 heteroatoms. The lowest BCUT2D eigenvalue weighted by Gasteiger charge is -2.46. The molecule has 0 fully saturated rings. The van der Waals surface area contributed by atoms with Gasteiger partial charge in [0.15, 0.2) is 0 Å². The number of aryl methyl sites for hydroxylation is 1. The molecule has 0 spiro atoms. The Morgan fingerprint density at radius 2 is 0.793 bits per heavy atom. The van der Waals surface area contributed by atoms with Gasteiger partial charge >= 0.3 is 0 Å². The summed E-state index contributed by atoms with van der Waals surface area (Å²) in [6, 6.07) is 51.8. The highest BCUT2D eigenvalue weighted by Crippen LogP contribution is 2.57. The molecule has 7 aromatic carbocycles. The number of rotatable bonds is 5. The minimum absolute atomic E-state index is 0.00514. The smallest absolute Gasteiger partial charge is 0.264 e. The SMILES string of the molecule is Cc1cc2c3c(c1)N(c1ccc4c(c1)C(C)(C)CCC4(C)C)c1c(sc4cc5c(cc14)C(C)(C)CCC5(C)C)B3c1ccc(N(c3ccccc3)c3ccc4c(c3)C(C)(C)CCC4(C)C)cc1N2c1ccc2c(c1)C(C)(C)CCC2(C)C. The van der Waals surface area contributed by atoms with Gasteiger partial charge in [-0.3, -0.25) is 0 Å². The molecular formula is C77H88BN3S. The lowest BCUT2D eigenvalue weighted by atomic mass is 9.36. The van der Waals surface area contributed by atoms with Gasteiger partial charge in [0.05, 0.1) is 5.69 Å². The van der Waals surface area contributed by atoms with Crippen LogP contribution in [0, 0.1) is 6.92 Å².